The molecule has 1 aromatic rings. The van der Waals surface area contributed by atoms with Gasteiger partial charge in [-0.2, -0.15) is 0 Å². The maximum atomic E-state index is 5.47. The quantitative estimate of drug-likeness (QED) is 0.894. The van der Waals surface area contributed by atoms with E-state index in [2.05, 4.69) is 33.3 Å². The first-order valence-corrected chi connectivity index (χ1v) is 8.29. The summed E-state index contributed by atoms with van der Waals surface area (Å²) >= 11 is 0. The highest BCUT2D eigenvalue weighted by Crippen LogP contribution is 2.26. The molecule has 4 nitrogen and oxygen atoms in total. The van der Waals surface area contributed by atoms with E-state index in [0.29, 0.717) is 0 Å². The molecule has 0 atom stereocenters. The number of morpholine rings is 1. The van der Waals surface area contributed by atoms with E-state index in [1.807, 2.05) is 0 Å². The van der Waals surface area contributed by atoms with Gasteiger partial charge in [0.15, 0.2) is 0 Å². The summed E-state index contributed by atoms with van der Waals surface area (Å²) in [5, 5.41) is 3.43. The predicted octanol–water partition coefficient (Wildman–Crippen LogP) is 1.59. The lowest BCUT2D eigenvalue weighted by Crippen LogP contribution is -2.49. The van der Waals surface area contributed by atoms with Crippen molar-refractivity contribution in [3.05, 3.63) is 29.3 Å². The summed E-state index contributed by atoms with van der Waals surface area (Å²) in [7, 11) is 0. The summed E-state index contributed by atoms with van der Waals surface area (Å²) in [5.41, 5.74) is 4.38. The molecule has 1 N–H and O–H groups in total. The van der Waals surface area contributed by atoms with Crippen LogP contribution in [0.3, 0.4) is 0 Å². The molecule has 3 aliphatic heterocycles. The fraction of sp³-hybridized carbons (Fsp3) is 0.647. The monoisotopic (exact) mass is 287 g/mol. The van der Waals surface area contributed by atoms with Crippen LogP contribution in [0.4, 0.5) is 5.69 Å². The first-order valence-electron chi connectivity index (χ1n) is 8.29. The molecule has 0 unspecified atom stereocenters. The third kappa shape index (κ3) is 2.80. The second-order valence-electron chi connectivity index (χ2n) is 6.42. The van der Waals surface area contributed by atoms with Crippen LogP contribution in [-0.4, -0.2) is 50.3 Å². The molecule has 0 bridgehead atoms. The van der Waals surface area contributed by atoms with Gasteiger partial charge >= 0.3 is 0 Å². The van der Waals surface area contributed by atoms with Gasteiger partial charge in [-0.25, -0.2) is 0 Å². The SMILES string of the molecule is c1cc2c(cc1N1CCC(N3CCOCC3)CC1)CNC2. The van der Waals surface area contributed by atoms with Crippen molar-refractivity contribution in [2.75, 3.05) is 44.3 Å². The largest absolute Gasteiger partial charge is 0.379 e. The molecule has 4 heteroatoms. The van der Waals surface area contributed by atoms with Gasteiger partial charge in [-0.05, 0) is 36.1 Å². The van der Waals surface area contributed by atoms with E-state index in [1.54, 1.807) is 0 Å². The van der Waals surface area contributed by atoms with E-state index < -0.39 is 0 Å². The molecule has 21 heavy (non-hydrogen) atoms. The average molecular weight is 287 g/mol. The van der Waals surface area contributed by atoms with Crippen LogP contribution >= 0.6 is 0 Å². The van der Waals surface area contributed by atoms with Crippen LogP contribution in [0.25, 0.3) is 0 Å². The first kappa shape index (κ1) is 13.6. The molecule has 3 aliphatic rings. The number of rotatable bonds is 2. The van der Waals surface area contributed by atoms with Crippen molar-refractivity contribution >= 4 is 5.69 Å². The summed E-state index contributed by atoms with van der Waals surface area (Å²) in [4.78, 5) is 5.20. The zero-order chi connectivity index (χ0) is 14.1. The second kappa shape index (κ2) is 5.95. The van der Waals surface area contributed by atoms with Crippen molar-refractivity contribution < 1.29 is 4.74 Å². The summed E-state index contributed by atoms with van der Waals surface area (Å²) in [6, 6.07) is 7.77. The molecule has 2 saturated heterocycles. The fourth-order valence-corrected chi connectivity index (χ4v) is 3.91. The predicted molar refractivity (Wildman–Crippen MR) is 84.6 cm³/mol. The fourth-order valence-electron chi connectivity index (χ4n) is 3.91. The molecule has 0 aliphatic carbocycles. The van der Waals surface area contributed by atoms with Crippen molar-refractivity contribution in [3.63, 3.8) is 0 Å². The average Bonchev–Trinajstić information content (AvgIpc) is 3.03. The number of hydrogen-bond acceptors (Lipinski definition) is 4. The van der Waals surface area contributed by atoms with Gasteiger partial charge in [-0.1, -0.05) is 6.07 Å². The summed E-state index contributed by atoms with van der Waals surface area (Å²) in [5.74, 6) is 0. The van der Waals surface area contributed by atoms with Crippen molar-refractivity contribution in [3.8, 4) is 0 Å². The number of nitrogens with one attached hydrogen (secondary N) is 1. The lowest BCUT2D eigenvalue weighted by Gasteiger charge is -2.40. The molecule has 0 amide bonds. The number of piperidine rings is 1. The van der Waals surface area contributed by atoms with Gasteiger partial charge in [-0.15, -0.1) is 0 Å². The highest BCUT2D eigenvalue weighted by Gasteiger charge is 2.26. The van der Waals surface area contributed by atoms with E-state index >= 15 is 0 Å². The van der Waals surface area contributed by atoms with Gasteiger partial charge in [0.1, 0.15) is 0 Å². The van der Waals surface area contributed by atoms with Gasteiger partial charge in [0.2, 0.25) is 0 Å². The Hall–Kier alpha value is -1.10. The number of fused-ring (bicyclic) bond motifs is 1. The molecule has 2 fully saturated rings. The van der Waals surface area contributed by atoms with Gasteiger partial charge < -0.3 is 15.0 Å². The topological polar surface area (TPSA) is 27.7 Å². The van der Waals surface area contributed by atoms with Gasteiger partial charge in [0.05, 0.1) is 13.2 Å². The molecule has 3 heterocycles. The Balaban J connectivity index is 1.38. The first-order chi connectivity index (χ1) is 10.4. The molecule has 0 aromatic heterocycles. The van der Waals surface area contributed by atoms with E-state index in [-0.39, 0.29) is 0 Å². The zero-order valence-electron chi connectivity index (χ0n) is 12.7. The van der Waals surface area contributed by atoms with Gasteiger partial charge in [0, 0.05) is 51.0 Å². The number of benzene rings is 1. The Bertz CT molecular complexity index is 491. The van der Waals surface area contributed by atoms with E-state index in [4.69, 9.17) is 4.74 Å². The maximum Gasteiger partial charge on any atom is 0.0594 e. The van der Waals surface area contributed by atoms with Gasteiger partial charge in [-0.3, -0.25) is 4.90 Å². The Morgan fingerprint density at radius 1 is 0.952 bits per heavy atom. The van der Waals surface area contributed by atoms with E-state index in [0.717, 1.165) is 45.4 Å². The molecule has 114 valence electrons. The highest BCUT2D eigenvalue weighted by molar-refractivity contribution is 5.52. The van der Waals surface area contributed by atoms with Crippen LogP contribution in [0.15, 0.2) is 18.2 Å². The standard InChI is InChI=1S/C17H25N3O/c1-2-17(11-15-13-18-12-14(1)15)19-5-3-16(4-6-19)20-7-9-21-10-8-20/h1-2,11,16,18H,3-10,12-13H2. The van der Waals surface area contributed by atoms with Crippen molar-refractivity contribution in [2.45, 2.75) is 32.0 Å². The summed E-state index contributed by atoms with van der Waals surface area (Å²) in [6.45, 7) is 8.52. The Kier molecular flexibility index (Phi) is 3.84. The Labute approximate surface area is 127 Å². The zero-order valence-corrected chi connectivity index (χ0v) is 12.7. The third-order valence-electron chi connectivity index (χ3n) is 5.21. The second-order valence-corrected chi connectivity index (χ2v) is 6.42. The lowest BCUT2D eigenvalue weighted by molar-refractivity contribution is 0.0115. The number of ether oxygens (including phenoxy) is 1. The number of nitrogens with zero attached hydrogens (tertiary/aromatic N) is 2. The van der Waals surface area contributed by atoms with E-state index in [1.165, 1.54) is 42.7 Å². The maximum absolute atomic E-state index is 5.47. The van der Waals surface area contributed by atoms with Gasteiger partial charge in [0.25, 0.3) is 0 Å². The normalized spacial score (nSPS) is 24.3. The van der Waals surface area contributed by atoms with Crippen LogP contribution in [0, 0.1) is 0 Å². The van der Waals surface area contributed by atoms with Crippen molar-refractivity contribution in [1.82, 2.24) is 10.2 Å². The van der Waals surface area contributed by atoms with Crippen LogP contribution in [0.2, 0.25) is 0 Å². The summed E-state index contributed by atoms with van der Waals surface area (Å²) < 4.78 is 5.47. The minimum absolute atomic E-state index is 0.765. The minimum atomic E-state index is 0.765. The lowest BCUT2D eigenvalue weighted by atomic mass is 10.0. The number of anilines is 1. The van der Waals surface area contributed by atoms with Crippen LogP contribution in [0.5, 0.6) is 0 Å². The van der Waals surface area contributed by atoms with E-state index in [9.17, 15) is 0 Å². The molecule has 1 aromatic carbocycles. The smallest absolute Gasteiger partial charge is 0.0594 e. The highest BCUT2D eigenvalue weighted by atomic mass is 16.5. The Morgan fingerprint density at radius 3 is 2.52 bits per heavy atom. The molecule has 4 rings (SSSR count). The van der Waals surface area contributed by atoms with Crippen LogP contribution in [-0.2, 0) is 17.8 Å². The minimum Gasteiger partial charge on any atom is -0.379 e. The van der Waals surface area contributed by atoms with Crippen LogP contribution < -0.4 is 10.2 Å². The molecular weight excluding hydrogens is 262 g/mol. The number of hydrogen-bond donors (Lipinski definition) is 1. The third-order valence-corrected chi connectivity index (χ3v) is 5.21. The van der Waals surface area contributed by atoms with Crippen LogP contribution in [0.1, 0.15) is 24.0 Å². The van der Waals surface area contributed by atoms with Crippen molar-refractivity contribution in [1.29, 1.82) is 0 Å². The molecular formula is C17H25N3O. The Morgan fingerprint density at radius 2 is 1.71 bits per heavy atom. The molecule has 0 spiro atoms. The molecule has 0 radical (unpaired) electrons. The van der Waals surface area contributed by atoms with Crippen molar-refractivity contribution in [2.24, 2.45) is 0 Å². The molecule has 0 saturated carbocycles. The summed E-state index contributed by atoms with van der Waals surface area (Å²) in [6.07, 6.45) is 2.57.